The number of aldehydes is 1. The second kappa shape index (κ2) is 16.2. The summed E-state index contributed by atoms with van der Waals surface area (Å²) in [6.45, 7) is 11.1. The lowest BCUT2D eigenvalue weighted by atomic mass is 10.1. The Hall–Kier alpha value is -1.51. The predicted octanol–water partition coefficient (Wildman–Crippen LogP) is 0.0757. The Morgan fingerprint density at radius 3 is 1.50 bits per heavy atom. The maximum atomic E-state index is 12.0. The van der Waals surface area contributed by atoms with E-state index < -0.39 is 12.0 Å². The van der Waals surface area contributed by atoms with Crippen LogP contribution in [0.5, 0.6) is 0 Å². The van der Waals surface area contributed by atoms with Crippen LogP contribution in [0.1, 0.15) is 34.1 Å². The van der Waals surface area contributed by atoms with Crippen molar-refractivity contribution in [1.29, 1.82) is 0 Å². The molecule has 0 bridgehead atoms. The standard InChI is InChI=1S/C22H42N4O8/c1-17(16-27)23-7-9-24(19(3)33-31-5)10-11-25(20(4)34-32-6)12-14-26(13-8-23)21(22(29)30)15-18(2)28/h16-17,19-21H,7-15H2,1-6H3,(H,29,30)/t17-,19+,20+,21?/m1/s1. The summed E-state index contributed by atoms with van der Waals surface area (Å²) in [7, 11) is 2.90. The molecule has 1 aliphatic rings. The Morgan fingerprint density at radius 1 is 0.794 bits per heavy atom. The van der Waals surface area contributed by atoms with Crippen molar-refractivity contribution in [1.82, 2.24) is 19.6 Å². The number of hydrogen-bond donors (Lipinski definition) is 1. The Bertz CT molecular complexity index is 626. The number of carbonyl (C=O) groups is 3. The van der Waals surface area contributed by atoms with E-state index in [1.165, 1.54) is 21.1 Å². The first kappa shape index (κ1) is 30.5. The number of rotatable bonds is 12. The largest absolute Gasteiger partial charge is 0.480 e. The zero-order chi connectivity index (χ0) is 25.7. The van der Waals surface area contributed by atoms with Gasteiger partial charge in [-0.1, -0.05) is 0 Å². The maximum Gasteiger partial charge on any atom is 0.321 e. The highest BCUT2D eigenvalue weighted by atomic mass is 17.2. The van der Waals surface area contributed by atoms with Crippen molar-refractivity contribution >= 4 is 18.0 Å². The molecule has 1 heterocycles. The number of aliphatic carboxylic acids is 1. The molecule has 0 saturated carbocycles. The van der Waals surface area contributed by atoms with Crippen LogP contribution in [-0.2, 0) is 33.9 Å². The molecule has 4 atom stereocenters. The summed E-state index contributed by atoms with van der Waals surface area (Å²) in [5.41, 5.74) is 0. The molecule has 12 nitrogen and oxygen atoms in total. The summed E-state index contributed by atoms with van der Waals surface area (Å²) in [4.78, 5) is 63.8. The molecule has 0 aromatic carbocycles. The van der Waals surface area contributed by atoms with Crippen molar-refractivity contribution in [3.05, 3.63) is 0 Å². The second-order valence-corrected chi connectivity index (χ2v) is 8.51. The van der Waals surface area contributed by atoms with Crippen LogP contribution in [0.4, 0.5) is 0 Å². The molecular formula is C22H42N4O8. The van der Waals surface area contributed by atoms with Crippen LogP contribution in [0.3, 0.4) is 0 Å². The molecule has 1 rings (SSSR count). The van der Waals surface area contributed by atoms with Gasteiger partial charge in [0.2, 0.25) is 0 Å². The van der Waals surface area contributed by atoms with Crippen molar-refractivity contribution in [2.45, 2.75) is 58.7 Å². The highest BCUT2D eigenvalue weighted by Crippen LogP contribution is 2.12. The van der Waals surface area contributed by atoms with Crippen molar-refractivity contribution < 1.29 is 39.0 Å². The first-order chi connectivity index (χ1) is 16.1. The molecule has 0 radical (unpaired) electrons. The van der Waals surface area contributed by atoms with Gasteiger partial charge < -0.3 is 9.90 Å². The molecule has 34 heavy (non-hydrogen) atoms. The summed E-state index contributed by atoms with van der Waals surface area (Å²) in [5.74, 6) is -1.23. The lowest BCUT2D eigenvalue weighted by Crippen LogP contribution is -2.54. The number of carboxylic acid groups (broad SMARTS) is 1. The summed E-state index contributed by atoms with van der Waals surface area (Å²) in [5, 5.41) is 9.84. The molecule has 0 amide bonds. The topological polar surface area (TPSA) is 121 Å². The fraction of sp³-hybridized carbons (Fsp3) is 0.864. The summed E-state index contributed by atoms with van der Waals surface area (Å²) in [6.07, 6.45) is 0.108. The highest BCUT2D eigenvalue weighted by Gasteiger charge is 2.30. The Labute approximate surface area is 202 Å². The van der Waals surface area contributed by atoms with Gasteiger partial charge in [0.1, 0.15) is 30.6 Å². The van der Waals surface area contributed by atoms with E-state index in [4.69, 9.17) is 19.6 Å². The number of carboxylic acids is 1. The number of ketones is 1. The zero-order valence-corrected chi connectivity index (χ0v) is 21.3. The first-order valence-corrected chi connectivity index (χ1v) is 11.7. The van der Waals surface area contributed by atoms with Gasteiger partial charge in [-0.3, -0.25) is 29.2 Å². The van der Waals surface area contributed by atoms with Gasteiger partial charge in [0.25, 0.3) is 0 Å². The molecule has 0 aliphatic carbocycles. The van der Waals surface area contributed by atoms with Crippen LogP contribution in [0, 0.1) is 0 Å². The quantitative estimate of drug-likeness (QED) is 0.226. The average molecular weight is 491 g/mol. The lowest BCUT2D eigenvalue weighted by molar-refractivity contribution is -0.336. The second-order valence-electron chi connectivity index (χ2n) is 8.51. The third kappa shape index (κ3) is 10.4. The predicted molar refractivity (Wildman–Crippen MR) is 124 cm³/mol. The van der Waals surface area contributed by atoms with E-state index in [-0.39, 0.29) is 30.7 Å². The van der Waals surface area contributed by atoms with E-state index in [2.05, 4.69) is 4.90 Å². The molecule has 12 heteroatoms. The molecule has 0 aromatic rings. The van der Waals surface area contributed by atoms with E-state index in [1.807, 2.05) is 30.6 Å². The van der Waals surface area contributed by atoms with Gasteiger partial charge in [-0.2, -0.15) is 0 Å². The van der Waals surface area contributed by atoms with Crippen molar-refractivity contribution in [2.24, 2.45) is 0 Å². The molecule has 1 unspecified atom stereocenters. The summed E-state index contributed by atoms with van der Waals surface area (Å²) in [6, 6.07) is -1.28. The lowest BCUT2D eigenvalue weighted by Gasteiger charge is -2.38. The fourth-order valence-corrected chi connectivity index (χ4v) is 4.05. The minimum absolute atomic E-state index is 0.0810. The van der Waals surface area contributed by atoms with Crippen LogP contribution in [-0.4, -0.2) is 134 Å². The molecule has 1 fully saturated rings. The van der Waals surface area contributed by atoms with Crippen LogP contribution in [0.2, 0.25) is 0 Å². The molecule has 1 N–H and O–H groups in total. The Balaban J connectivity index is 3.21. The van der Waals surface area contributed by atoms with Crippen LogP contribution >= 0.6 is 0 Å². The number of Topliss-reactive ketones (excluding diaryl/α,β-unsaturated/α-hetero) is 1. The minimum atomic E-state index is -1.04. The fourth-order valence-electron chi connectivity index (χ4n) is 4.05. The van der Waals surface area contributed by atoms with Crippen molar-refractivity contribution in [2.75, 3.05) is 66.6 Å². The van der Waals surface area contributed by atoms with E-state index in [1.54, 1.807) is 4.90 Å². The molecule has 198 valence electrons. The van der Waals surface area contributed by atoms with Gasteiger partial charge in [-0.15, -0.1) is 0 Å². The summed E-state index contributed by atoms with van der Waals surface area (Å²) < 4.78 is 0. The van der Waals surface area contributed by atoms with Gasteiger partial charge >= 0.3 is 5.97 Å². The molecule has 1 aliphatic heterocycles. The molecule has 0 aromatic heterocycles. The molecular weight excluding hydrogens is 448 g/mol. The Kier molecular flexibility index (Phi) is 14.6. The maximum absolute atomic E-state index is 12.0. The van der Waals surface area contributed by atoms with Crippen molar-refractivity contribution in [3.8, 4) is 0 Å². The van der Waals surface area contributed by atoms with Gasteiger partial charge in [0.15, 0.2) is 0 Å². The average Bonchev–Trinajstić information content (AvgIpc) is 2.77. The van der Waals surface area contributed by atoms with Crippen LogP contribution in [0.15, 0.2) is 0 Å². The monoisotopic (exact) mass is 490 g/mol. The van der Waals surface area contributed by atoms with Crippen LogP contribution in [0.25, 0.3) is 0 Å². The number of carbonyl (C=O) groups excluding carboxylic acids is 2. The van der Waals surface area contributed by atoms with Gasteiger partial charge in [-0.25, -0.2) is 19.6 Å². The smallest absolute Gasteiger partial charge is 0.321 e. The summed E-state index contributed by atoms with van der Waals surface area (Å²) >= 11 is 0. The highest BCUT2D eigenvalue weighted by molar-refractivity contribution is 5.84. The van der Waals surface area contributed by atoms with E-state index in [0.717, 1.165) is 6.29 Å². The number of hydrogen-bond acceptors (Lipinski definition) is 11. The molecule has 1 saturated heterocycles. The van der Waals surface area contributed by atoms with Gasteiger partial charge in [0, 0.05) is 58.8 Å². The number of nitrogens with zero attached hydrogens (tertiary/aromatic N) is 4. The normalized spacial score (nSPS) is 22.2. The first-order valence-electron chi connectivity index (χ1n) is 11.7. The SMILES string of the molecule is COO[C@@H](C)N1CCN(C(CC(C)=O)C(=O)O)CCN([C@H](C)C=O)CCN([C@H](C)OOC)CC1. The molecule has 0 spiro atoms. The van der Waals surface area contributed by atoms with Gasteiger partial charge in [-0.05, 0) is 27.7 Å². The zero-order valence-electron chi connectivity index (χ0n) is 21.3. The van der Waals surface area contributed by atoms with Gasteiger partial charge in [0.05, 0.1) is 20.3 Å². The Morgan fingerprint density at radius 2 is 1.18 bits per heavy atom. The third-order valence-corrected chi connectivity index (χ3v) is 6.18. The van der Waals surface area contributed by atoms with Crippen LogP contribution < -0.4 is 0 Å². The third-order valence-electron chi connectivity index (χ3n) is 6.18. The van der Waals surface area contributed by atoms with E-state index in [9.17, 15) is 19.5 Å². The minimum Gasteiger partial charge on any atom is -0.480 e. The van der Waals surface area contributed by atoms with E-state index >= 15 is 0 Å². The van der Waals surface area contributed by atoms with Crippen molar-refractivity contribution in [3.63, 3.8) is 0 Å². The van der Waals surface area contributed by atoms with E-state index in [0.29, 0.717) is 52.4 Å².